The molecule has 0 unspecified atom stereocenters. The van der Waals surface area contributed by atoms with Gasteiger partial charge >= 0.3 is 0 Å². The summed E-state index contributed by atoms with van der Waals surface area (Å²) in [5.74, 6) is -1.16. The number of rotatable bonds is 2. The van der Waals surface area contributed by atoms with Crippen LogP contribution in [-0.4, -0.2) is 43.9 Å². The molecule has 0 spiro atoms. The van der Waals surface area contributed by atoms with Gasteiger partial charge in [0.1, 0.15) is 11.7 Å². The van der Waals surface area contributed by atoms with Crippen molar-refractivity contribution in [3.8, 4) is 6.07 Å². The predicted octanol–water partition coefficient (Wildman–Crippen LogP) is 5.29. The zero-order chi connectivity index (χ0) is 31.4. The summed E-state index contributed by atoms with van der Waals surface area (Å²) < 4.78 is 0. The van der Waals surface area contributed by atoms with Gasteiger partial charge in [0.25, 0.3) is 5.91 Å². The smallest absolute Gasteiger partial charge is 0.272 e. The maximum Gasteiger partial charge on any atom is 0.272 e. The summed E-state index contributed by atoms with van der Waals surface area (Å²) in [6.07, 6.45) is 10.1. The van der Waals surface area contributed by atoms with Crippen LogP contribution in [0.5, 0.6) is 0 Å². The van der Waals surface area contributed by atoms with Crippen molar-refractivity contribution in [2.45, 2.75) is 105 Å². The summed E-state index contributed by atoms with van der Waals surface area (Å²) in [5.41, 5.74) is -3.93. The molecular weight excluding hydrogens is 540 g/mol. The van der Waals surface area contributed by atoms with Gasteiger partial charge in [-0.1, -0.05) is 47.6 Å². The molecule has 1 aromatic heterocycles. The summed E-state index contributed by atoms with van der Waals surface area (Å²) in [6, 6.07) is 5.45. The summed E-state index contributed by atoms with van der Waals surface area (Å²) in [6.45, 7) is 14.4. The monoisotopic (exact) mass is 584 g/mol. The maximum atomic E-state index is 14.6. The van der Waals surface area contributed by atoms with Crippen molar-refractivity contribution in [3.05, 3.63) is 47.3 Å². The minimum atomic E-state index is -1.64. The van der Waals surface area contributed by atoms with Crippen molar-refractivity contribution < 1.29 is 19.5 Å². The predicted molar refractivity (Wildman–Crippen MR) is 160 cm³/mol. The first-order chi connectivity index (χ1) is 19.9. The summed E-state index contributed by atoms with van der Waals surface area (Å²) in [7, 11) is 0. The number of fused-ring (bicyclic) bond motifs is 7. The summed E-state index contributed by atoms with van der Waals surface area (Å²) in [4.78, 5) is 41.1. The van der Waals surface area contributed by atoms with E-state index in [1.807, 2.05) is 26.8 Å². The molecule has 5 aliphatic rings. The van der Waals surface area contributed by atoms with Crippen LogP contribution in [0.15, 0.2) is 41.6 Å². The van der Waals surface area contributed by atoms with Crippen molar-refractivity contribution in [2.24, 2.45) is 38.9 Å². The van der Waals surface area contributed by atoms with Gasteiger partial charge < -0.3 is 10.4 Å². The first kappa shape index (κ1) is 29.9. The molecule has 0 radical (unpaired) electrons. The summed E-state index contributed by atoms with van der Waals surface area (Å²) >= 11 is 0. The highest BCUT2D eigenvalue weighted by molar-refractivity contribution is 6.05. The topological polar surface area (TPSA) is 133 Å². The number of carbonyl (C=O) groups is 3. The number of nitrogens with zero attached hydrogens (tertiary/aromatic N) is 3. The minimum Gasteiger partial charge on any atom is -0.381 e. The van der Waals surface area contributed by atoms with Crippen molar-refractivity contribution in [2.75, 3.05) is 0 Å². The highest BCUT2D eigenvalue weighted by Gasteiger charge is 2.75. The molecule has 8 atom stereocenters. The zero-order valence-electron chi connectivity index (χ0n) is 26.5. The lowest BCUT2D eigenvalue weighted by Gasteiger charge is -2.71. The van der Waals surface area contributed by atoms with E-state index < -0.39 is 32.8 Å². The Morgan fingerprint density at radius 2 is 1.72 bits per heavy atom. The van der Waals surface area contributed by atoms with Crippen molar-refractivity contribution in [1.29, 1.82) is 5.26 Å². The van der Waals surface area contributed by atoms with E-state index in [1.165, 1.54) is 6.20 Å². The van der Waals surface area contributed by atoms with E-state index in [9.17, 15) is 24.8 Å². The van der Waals surface area contributed by atoms with Crippen LogP contribution in [0.25, 0.3) is 0 Å². The third kappa shape index (κ3) is 3.67. The van der Waals surface area contributed by atoms with Gasteiger partial charge in [0.2, 0.25) is 0 Å². The lowest BCUT2D eigenvalue weighted by molar-refractivity contribution is -0.240. The van der Waals surface area contributed by atoms with E-state index in [1.54, 1.807) is 18.2 Å². The van der Waals surface area contributed by atoms with Crippen LogP contribution in [0.2, 0.25) is 0 Å². The number of ketones is 2. The van der Waals surface area contributed by atoms with Crippen molar-refractivity contribution >= 4 is 17.5 Å². The highest BCUT2D eigenvalue weighted by Crippen LogP contribution is 2.75. The van der Waals surface area contributed by atoms with Crippen LogP contribution in [0, 0.1) is 50.2 Å². The average molecular weight is 585 g/mol. The van der Waals surface area contributed by atoms with Crippen LogP contribution >= 0.6 is 0 Å². The average Bonchev–Trinajstić information content (AvgIpc) is 2.96. The van der Waals surface area contributed by atoms with Gasteiger partial charge in [0.05, 0.1) is 5.57 Å². The van der Waals surface area contributed by atoms with E-state index in [-0.39, 0.29) is 46.0 Å². The molecule has 228 valence electrons. The maximum absolute atomic E-state index is 14.6. The molecular formula is C35H44N4O4. The normalized spacial score (nSPS) is 44.8. The quantitative estimate of drug-likeness (QED) is 0.482. The highest BCUT2D eigenvalue weighted by atomic mass is 16.3. The molecule has 6 rings (SSSR count). The van der Waals surface area contributed by atoms with Crippen molar-refractivity contribution in [3.63, 3.8) is 0 Å². The third-order valence-electron chi connectivity index (χ3n) is 13.5. The molecule has 5 aliphatic carbocycles. The first-order valence-electron chi connectivity index (χ1n) is 15.7. The van der Waals surface area contributed by atoms with Crippen LogP contribution < -0.4 is 5.32 Å². The third-order valence-corrected chi connectivity index (χ3v) is 13.5. The number of aliphatic hydroxyl groups is 1. The molecule has 3 saturated carbocycles. The molecule has 8 nitrogen and oxygen atoms in total. The van der Waals surface area contributed by atoms with E-state index >= 15 is 0 Å². The van der Waals surface area contributed by atoms with Gasteiger partial charge in [-0.15, -0.1) is 5.10 Å². The molecule has 0 aliphatic heterocycles. The number of nitrogens with one attached hydrogen (secondary N) is 1. The Kier molecular flexibility index (Phi) is 6.21. The molecule has 0 bridgehead atoms. The molecule has 1 amide bonds. The molecule has 1 aromatic rings. The number of aromatic nitrogens is 2. The van der Waals surface area contributed by atoms with Crippen molar-refractivity contribution in [1.82, 2.24) is 15.5 Å². The Labute approximate surface area is 254 Å². The Hall–Kier alpha value is -3.18. The summed E-state index contributed by atoms with van der Waals surface area (Å²) in [5, 5.41) is 34.0. The Morgan fingerprint density at radius 1 is 1.02 bits per heavy atom. The van der Waals surface area contributed by atoms with Gasteiger partial charge in [-0.25, -0.2) is 0 Å². The van der Waals surface area contributed by atoms with E-state index in [0.717, 1.165) is 37.7 Å². The van der Waals surface area contributed by atoms with Crippen LogP contribution in [0.4, 0.5) is 0 Å². The van der Waals surface area contributed by atoms with E-state index in [4.69, 9.17) is 0 Å². The van der Waals surface area contributed by atoms with Gasteiger partial charge in [0.15, 0.2) is 17.3 Å². The van der Waals surface area contributed by atoms with E-state index in [0.29, 0.717) is 12.8 Å². The van der Waals surface area contributed by atoms with Crippen LogP contribution in [-0.2, 0) is 9.59 Å². The van der Waals surface area contributed by atoms with Crippen LogP contribution in [0.1, 0.15) is 104 Å². The molecule has 43 heavy (non-hydrogen) atoms. The SMILES string of the molecule is CC1(C)C(=O)C(C#N)=C[C@]2(C)C3=CC(=O)[C@]4(O)[C@@H]5C[C@@](C)(NC(=O)c6cccnn6)CC[C@@]5(C)CC[C@@]4(C)[C@]3(C)CC[C@@H]12. The molecule has 8 heteroatoms. The van der Waals surface area contributed by atoms with E-state index in [2.05, 4.69) is 49.3 Å². The van der Waals surface area contributed by atoms with Crippen LogP contribution in [0.3, 0.4) is 0 Å². The second-order valence-corrected chi connectivity index (χ2v) is 16.0. The van der Waals surface area contributed by atoms with Gasteiger partial charge in [0, 0.05) is 33.9 Å². The second-order valence-electron chi connectivity index (χ2n) is 16.0. The largest absolute Gasteiger partial charge is 0.381 e. The molecule has 0 saturated heterocycles. The van der Waals surface area contributed by atoms with Gasteiger partial charge in [-0.2, -0.15) is 10.4 Å². The standard InChI is InChI=1S/C35H44N4O4/c1-29(2)23-10-11-33(6)24(32(23,5)18-21(20-36)27(29)41)17-26(40)35(43)25-19-31(4,38-28(42)22-9-8-16-37-39-22)14-12-30(25,3)13-15-34(33,35)7/h8-9,16-18,23,25,43H,10-15,19H2,1-7H3,(H,38,42)/t23-,25+,30-,31-,32-,33+,34-,35+/m0/s1. The molecule has 0 aromatic carbocycles. The fourth-order valence-electron chi connectivity index (χ4n) is 10.6. The van der Waals surface area contributed by atoms with Gasteiger partial charge in [-0.3, -0.25) is 14.4 Å². The lowest BCUT2D eigenvalue weighted by atomic mass is 9.33. The Bertz CT molecular complexity index is 1540. The molecule has 2 N–H and O–H groups in total. The number of allylic oxidation sites excluding steroid dienone is 3. The van der Waals surface area contributed by atoms with Gasteiger partial charge in [-0.05, 0) is 92.4 Å². The Morgan fingerprint density at radius 3 is 2.37 bits per heavy atom. The fraction of sp³-hybridized carbons (Fsp3) is 0.657. The lowest BCUT2D eigenvalue weighted by Crippen LogP contribution is -2.74. The molecule has 3 fully saturated rings. The fourth-order valence-corrected chi connectivity index (χ4v) is 10.6. The number of carbonyl (C=O) groups excluding carboxylic acids is 3. The number of nitriles is 1. The number of hydrogen-bond donors (Lipinski definition) is 2. The Balaban J connectivity index is 1.45. The number of amides is 1. The number of hydrogen-bond acceptors (Lipinski definition) is 7. The first-order valence-corrected chi connectivity index (χ1v) is 15.7. The second kappa shape index (κ2) is 8.94. The minimum absolute atomic E-state index is 0.0605. The zero-order valence-corrected chi connectivity index (χ0v) is 26.5. The molecule has 1 heterocycles. The number of Topliss-reactive ketones (excluding diaryl/α,β-unsaturated/α-hetero) is 1.